The summed E-state index contributed by atoms with van der Waals surface area (Å²) in [6, 6.07) is 33.7. The second-order valence-electron chi connectivity index (χ2n) is 11.6. The topological polar surface area (TPSA) is 70.5 Å². The van der Waals surface area contributed by atoms with Gasteiger partial charge in [0.25, 0.3) is 0 Å². The Balaban J connectivity index is 1.28. The standard InChI is InChI=1S/C38H36F2N2O2/c1-2-25-3-5-26(6-4-25)27-19-21-38(22-20-27,28-7-13-32(14-8-28)43-36-17-11-30(41)23-34(36)39)29-9-15-33(16-10-29)44-37-18-12-31(42)24-35(37)40/h3-18,23-24,27H,2,19-22,41-42H2,1H3. The normalized spacial score (nSPS) is 14.7. The lowest BCUT2D eigenvalue weighted by molar-refractivity contribution is 0.314. The predicted molar refractivity (Wildman–Crippen MR) is 172 cm³/mol. The number of halogens is 2. The quantitative estimate of drug-likeness (QED) is 0.177. The van der Waals surface area contributed by atoms with Crippen molar-refractivity contribution in [3.05, 3.63) is 143 Å². The maximum Gasteiger partial charge on any atom is 0.167 e. The maximum absolute atomic E-state index is 14.4. The van der Waals surface area contributed by atoms with E-state index in [0.29, 0.717) is 28.8 Å². The summed E-state index contributed by atoms with van der Waals surface area (Å²) in [6.07, 6.45) is 5.01. The summed E-state index contributed by atoms with van der Waals surface area (Å²) in [6.45, 7) is 2.18. The van der Waals surface area contributed by atoms with Gasteiger partial charge in [-0.25, -0.2) is 8.78 Å². The molecule has 1 fully saturated rings. The zero-order valence-electron chi connectivity index (χ0n) is 24.7. The summed E-state index contributed by atoms with van der Waals surface area (Å²) in [5, 5.41) is 0. The monoisotopic (exact) mass is 590 g/mol. The van der Waals surface area contributed by atoms with Crippen LogP contribution in [0.15, 0.2) is 109 Å². The second kappa shape index (κ2) is 12.4. The Labute approximate surface area is 257 Å². The Morgan fingerprint density at radius 3 is 1.50 bits per heavy atom. The molecular formula is C38H36F2N2O2. The molecule has 0 aliphatic heterocycles. The first-order valence-corrected chi connectivity index (χ1v) is 15.1. The van der Waals surface area contributed by atoms with Gasteiger partial charge in [-0.15, -0.1) is 0 Å². The molecule has 6 rings (SSSR count). The molecule has 0 spiro atoms. The lowest BCUT2D eigenvalue weighted by Crippen LogP contribution is -2.32. The number of aryl methyl sites for hydroxylation is 1. The summed E-state index contributed by atoms with van der Waals surface area (Å²) in [4.78, 5) is 0. The Kier molecular flexibility index (Phi) is 8.25. The van der Waals surface area contributed by atoms with Crippen molar-refractivity contribution in [2.24, 2.45) is 0 Å². The summed E-state index contributed by atoms with van der Waals surface area (Å²) in [5.74, 6) is 0.835. The fourth-order valence-electron chi connectivity index (χ4n) is 6.35. The van der Waals surface area contributed by atoms with Gasteiger partial charge in [0.05, 0.1) is 0 Å². The fraction of sp³-hybridized carbons (Fsp3) is 0.211. The van der Waals surface area contributed by atoms with Gasteiger partial charge in [-0.2, -0.15) is 0 Å². The number of benzene rings is 5. The SMILES string of the molecule is CCc1ccc(C2CCC(c3ccc(Oc4ccc(N)cc4F)cc3)(c3ccc(Oc4ccc(N)cc4F)cc3)CC2)cc1. The van der Waals surface area contributed by atoms with Crippen LogP contribution in [0.25, 0.3) is 0 Å². The van der Waals surface area contributed by atoms with Crippen molar-refractivity contribution in [2.75, 3.05) is 11.5 Å². The third kappa shape index (κ3) is 6.11. The Morgan fingerprint density at radius 2 is 1.09 bits per heavy atom. The van der Waals surface area contributed by atoms with Gasteiger partial charge in [-0.1, -0.05) is 55.5 Å². The molecule has 1 aliphatic carbocycles. The third-order valence-electron chi connectivity index (χ3n) is 8.88. The molecule has 4 N–H and O–H groups in total. The molecule has 6 heteroatoms. The van der Waals surface area contributed by atoms with Gasteiger partial charge < -0.3 is 20.9 Å². The van der Waals surface area contributed by atoms with E-state index in [0.717, 1.165) is 32.1 Å². The van der Waals surface area contributed by atoms with Gasteiger partial charge in [-0.05, 0) is 109 Å². The van der Waals surface area contributed by atoms with Gasteiger partial charge in [0.2, 0.25) is 0 Å². The number of nitrogens with two attached hydrogens (primary N) is 2. The molecule has 0 unspecified atom stereocenters. The van der Waals surface area contributed by atoms with E-state index in [9.17, 15) is 8.78 Å². The molecule has 0 radical (unpaired) electrons. The van der Waals surface area contributed by atoms with Crippen molar-refractivity contribution in [3.8, 4) is 23.0 Å². The number of hydrogen-bond donors (Lipinski definition) is 2. The molecule has 0 amide bonds. The number of ether oxygens (including phenoxy) is 2. The van der Waals surface area contributed by atoms with E-state index in [1.54, 1.807) is 12.1 Å². The van der Waals surface area contributed by atoms with Crippen LogP contribution in [-0.2, 0) is 11.8 Å². The molecule has 5 aromatic carbocycles. The second-order valence-corrected chi connectivity index (χ2v) is 11.6. The van der Waals surface area contributed by atoms with E-state index in [-0.39, 0.29) is 16.9 Å². The van der Waals surface area contributed by atoms with Crippen LogP contribution in [0.3, 0.4) is 0 Å². The number of rotatable bonds is 8. The minimum absolute atomic E-state index is 0.129. The van der Waals surface area contributed by atoms with Crippen molar-refractivity contribution in [1.29, 1.82) is 0 Å². The molecule has 5 aromatic rings. The molecule has 4 nitrogen and oxygen atoms in total. The Hall–Kier alpha value is -4.84. The van der Waals surface area contributed by atoms with Gasteiger partial charge in [0.15, 0.2) is 23.1 Å². The third-order valence-corrected chi connectivity index (χ3v) is 8.88. The molecule has 224 valence electrons. The summed E-state index contributed by atoms with van der Waals surface area (Å²) in [7, 11) is 0. The first kappa shape index (κ1) is 29.2. The van der Waals surface area contributed by atoms with Crippen LogP contribution in [0.4, 0.5) is 20.2 Å². The van der Waals surface area contributed by atoms with E-state index >= 15 is 0 Å². The van der Waals surface area contributed by atoms with Crippen LogP contribution in [0.2, 0.25) is 0 Å². The van der Waals surface area contributed by atoms with Gasteiger partial charge in [0.1, 0.15) is 11.5 Å². The smallest absolute Gasteiger partial charge is 0.167 e. The maximum atomic E-state index is 14.4. The molecule has 0 aromatic heterocycles. The minimum atomic E-state index is -0.503. The number of hydrogen-bond acceptors (Lipinski definition) is 4. The zero-order valence-corrected chi connectivity index (χ0v) is 24.7. The minimum Gasteiger partial charge on any atom is -0.454 e. The van der Waals surface area contributed by atoms with Crippen molar-refractivity contribution in [3.63, 3.8) is 0 Å². The molecule has 0 saturated heterocycles. The average molecular weight is 591 g/mol. The summed E-state index contributed by atoms with van der Waals surface area (Å²) in [5.41, 5.74) is 16.9. The van der Waals surface area contributed by atoms with Gasteiger partial charge in [-0.3, -0.25) is 0 Å². The van der Waals surface area contributed by atoms with Crippen LogP contribution in [0.5, 0.6) is 23.0 Å². The van der Waals surface area contributed by atoms with Crippen LogP contribution in [0, 0.1) is 11.6 Å². The van der Waals surface area contributed by atoms with Crippen molar-refractivity contribution >= 4 is 11.4 Å². The summed E-state index contributed by atoms with van der Waals surface area (Å²) >= 11 is 0. The van der Waals surface area contributed by atoms with E-state index < -0.39 is 11.6 Å². The highest BCUT2D eigenvalue weighted by molar-refractivity contribution is 5.48. The highest BCUT2D eigenvalue weighted by atomic mass is 19.1. The van der Waals surface area contributed by atoms with Crippen molar-refractivity contribution in [2.45, 2.75) is 50.4 Å². The zero-order chi connectivity index (χ0) is 30.7. The molecule has 44 heavy (non-hydrogen) atoms. The van der Waals surface area contributed by atoms with E-state index in [4.69, 9.17) is 20.9 Å². The van der Waals surface area contributed by atoms with Gasteiger partial charge >= 0.3 is 0 Å². The van der Waals surface area contributed by atoms with E-state index in [2.05, 4.69) is 55.5 Å². The van der Waals surface area contributed by atoms with E-state index in [1.165, 1.54) is 46.5 Å². The Bertz CT molecular complexity index is 1630. The molecule has 0 atom stereocenters. The van der Waals surface area contributed by atoms with E-state index in [1.807, 2.05) is 24.3 Å². The molecule has 1 saturated carbocycles. The highest BCUT2D eigenvalue weighted by Crippen LogP contribution is 2.49. The van der Waals surface area contributed by atoms with Crippen LogP contribution in [0.1, 0.15) is 60.8 Å². The lowest BCUT2D eigenvalue weighted by atomic mass is 9.62. The predicted octanol–water partition coefficient (Wildman–Crippen LogP) is 9.92. The van der Waals surface area contributed by atoms with Crippen LogP contribution < -0.4 is 20.9 Å². The lowest BCUT2D eigenvalue weighted by Gasteiger charge is -2.41. The van der Waals surface area contributed by atoms with Crippen molar-refractivity contribution in [1.82, 2.24) is 0 Å². The van der Waals surface area contributed by atoms with Crippen molar-refractivity contribution < 1.29 is 18.3 Å². The molecule has 1 aliphatic rings. The highest BCUT2D eigenvalue weighted by Gasteiger charge is 2.39. The molecule has 0 heterocycles. The summed E-state index contributed by atoms with van der Waals surface area (Å²) < 4.78 is 40.4. The van der Waals surface area contributed by atoms with Crippen LogP contribution in [-0.4, -0.2) is 0 Å². The Morgan fingerprint density at radius 1 is 0.636 bits per heavy atom. The first-order chi connectivity index (χ1) is 21.3. The number of anilines is 2. The molecular weight excluding hydrogens is 554 g/mol. The average Bonchev–Trinajstić information content (AvgIpc) is 3.04. The first-order valence-electron chi connectivity index (χ1n) is 15.1. The fourth-order valence-corrected chi connectivity index (χ4v) is 6.35. The number of nitrogen functional groups attached to an aromatic ring is 2. The largest absolute Gasteiger partial charge is 0.454 e. The van der Waals surface area contributed by atoms with Gasteiger partial charge in [0, 0.05) is 28.9 Å². The van der Waals surface area contributed by atoms with Crippen LogP contribution >= 0.6 is 0 Å². The molecule has 0 bridgehead atoms.